The zero-order chi connectivity index (χ0) is 17.2. The molecule has 2 N–H and O–H groups in total. The molecule has 8 heteroatoms. The van der Waals surface area contributed by atoms with E-state index in [0.717, 1.165) is 28.2 Å². The molecule has 0 bridgehead atoms. The van der Waals surface area contributed by atoms with Crippen LogP contribution in [0.2, 0.25) is 0 Å². The molecule has 0 aliphatic heterocycles. The molecule has 4 aromatic rings. The van der Waals surface area contributed by atoms with Crippen LogP contribution in [0.1, 0.15) is 0 Å². The number of aliphatic carboxylic acids is 1. The lowest BCUT2D eigenvalue weighted by Crippen LogP contribution is -1.97. The molecule has 7 nitrogen and oxygen atoms in total. The van der Waals surface area contributed by atoms with Crippen molar-refractivity contribution >= 4 is 28.6 Å². The minimum Gasteiger partial charge on any atom is -0.481 e. The van der Waals surface area contributed by atoms with E-state index in [-0.39, 0.29) is 5.75 Å². The SMILES string of the molecule is O=C(O)CSc1nnc(-c2ccc(-c3ccc4ncccc4c3)o2)[nH]1. The van der Waals surface area contributed by atoms with E-state index in [1.165, 1.54) is 0 Å². The number of rotatable bonds is 5. The summed E-state index contributed by atoms with van der Waals surface area (Å²) in [6.45, 7) is 0. The molecule has 0 radical (unpaired) electrons. The Morgan fingerprint density at radius 2 is 2.04 bits per heavy atom. The van der Waals surface area contributed by atoms with E-state index in [2.05, 4.69) is 20.2 Å². The van der Waals surface area contributed by atoms with Gasteiger partial charge in [0, 0.05) is 17.1 Å². The van der Waals surface area contributed by atoms with E-state index in [1.807, 2.05) is 36.4 Å². The zero-order valence-corrected chi connectivity index (χ0v) is 13.7. The molecule has 1 aromatic carbocycles. The van der Waals surface area contributed by atoms with Crippen molar-refractivity contribution in [2.24, 2.45) is 0 Å². The highest BCUT2D eigenvalue weighted by Gasteiger charge is 2.12. The third kappa shape index (κ3) is 3.24. The molecule has 3 heterocycles. The Morgan fingerprint density at radius 1 is 1.16 bits per heavy atom. The normalized spacial score (nSPS) is 11.0. The van der Waals surface area contributed by atoms with Gasteiger partial charge in [-0.1, -0.05) is 17.8 Å². The predicted octanol–water partition coefficient (Wildman–Crippen LogP) is 3.46. The number of pyridine rings is 1. The topological polar surface area (TPSA) is 105 Å². The van der Waals surface area contributed by atoms with Gasteiger partial charge in [0.2, 0.25) is 0 Å². The first-order chi connectivity index (χ1) is 12.2. The lowest BCUT2D eigenvalue weighted by atomic mass is 10.1. The van der Waals surface area contributed by atoms with Gasteiger partial charge in [-0.05, 0) is 36.4 Å². The Bertz CT molecular complexity index is 1060. The molecule has 0 amide bonds. The van der Waals surface area contributed by atoms with Crippen molar-refractivity contribution in [2.75, 3.05) is 5.75 Å². The molecule has 4 rings (SSSR count). The van der Waals surface area contributed by atoms with Gasteiger partial charge in [-0.15, -0.1) is 10.2 Å². The maximum atomic E-state index is 10.6. The summed E-state index contributed by atoms with van der Waals surface area (Å²) in [6, 6.07) is 13.5. The standard InChI is InChI=1S/C17H12N4O3S/c22-15(23)9-25-17-19-16(20-21-17)14-6-5-13(24-14)11-3-4-12-10(8-11)2-1-7-18-12/h1-8H,9H2,(H,22,23)(H,19,20,21). The molecular weight excluding hydrogens is 340 g/mol. The van der Waals surface area contributed by atoms with Gasteiger partial charge in [0.25, 0.3) is 0 Å². The third-order valence-corrected chi connectivity index (χ3v) is 4.37. The number of hydrogen-bond acceptors (Lipinski definition) is 6. The number of furan rings is 1. The van der Waals surface area contributed by atoms with E-state index < -0.39 is 5.97 Å². The number of H-pyrrole nitrogens is 1. The molecule has 0 fully saturated rings. The highest BCUT2D eigenvalue weighted by Crippen LogP contribution is 2.29. The van der Waals surface area contributed by atoms with Crippen LogP contribution in [-0.4, -0.2) is 37.0 Å². The summed E-state index contributed by atoms with van der Waals surface area (Å²) >= 11 is 1.07. The number of fused-ring (bicyclic) bond motifs is 1. The summed E-state index contributed by atoms with van der Waals surface area (Å²) < 4.78 is 5.86. The average Bonchev–Trinajstić information content (AvgIpc) is 3.29. The maximum Gasteiger partial charge on any atom is 0.313 e. The van der Waals surface area contributed by atoms with Crippen molar-refractivity contribution in [3.8, 4) is 22.9 Å². The summed E-state index contributed by atoms with van der Waals surface area (Å²) in [5.74, 6) is 0.715. The van der Waals surface area contributed by atoms with E-state index in [1.54, 1.807) is 12.3 Å². The smallest absolute Gasteiger partial charge is 0.313 e. The Balaban J connectivity index is 1.60. The summed E-state index contributed by atoms with van der Waals surface area (Å²) in [5, 5.41) is 18.1. The van der Waals surface area contributed by atoms with Crippen LogP contribution in [-0.2, 0) is 4.79 Å². The summed E-state index contributed by atoms with van der Waals surface area (Å²) in [6.07, 6.45) is 1.76. The van der Waals surface area contributed by atoms with Gasteiger partial charge in [0.1, 0.15) is 5.76 Å². The van der Waals surface area contributed by atoms with E-state index in [4.69, 9.17) is 9.52 Å². The molecule has 0 aliphatic rings. The molecule has 0 spiro atoms. The minimum atomic E-state index is -0.908. The van der Waals surface area contributed by atoms with Gasteiger partial charge in [-0.25, -0.2) is 0 Å². The Kier molecular flexibility index (Phi) is 3.95. The second kappa shape index (κ2) is 6.40. The number of hydrogen-bond donors (Lipinski definition) is 2. The first-order valence-electron chi connectivity index (χ1n) is 7.42. The largest absolute Gasteiger partial charge is 0.481 e. The number of aromatic amines is 1. The zero-order valence-electron chi connectivity index (χ0n) is 12.8. The molecule has 124 valence electrons. The molecule has 0 unspecified atom stereocenters. The number of aromatic nitrogens is 4. The molecule has 0 saturated carbocycles. The highest BCUT2D eigenvalue weighted by atomic mass is 32.2. The van der Waals surface area contributed by atoms with Gasteiger partial charge >= 0.3 is 5.97 Å². The number of nitrogens with zero attached hydrogens (tertiary/aromatic N) is 3. The first kappa shape index (κ1) is 15.4. The number of benzene rings is 1. The average molecular weight is 352 g/mol. The fourth-order valence-electron chi connectivity index (χ4n) is 2.40. The van der Waals surface area contributed by atoms with Crippen LogP contribution >= 0.6 is 11.8 Å². The minimum absolute atomic E-state index is 0.0802. The number of carboxylic acid groups (broad SMARTS) is 1. The number of carbonyl (C=O) groups is 1. The van der Waals surface area contributed by atoms with Gasteiger partial charge in [0.05, 0.1) is 11.3 Å². The van der Waals surface area contributed by atoms with Crippen LogP contribution in [0.25, 0.3) is 33.8 Å². The molecule has 0 atom stereocenters. The fraction of sp³-hybridized carbons (Fsp3) is 0.0588. The summed E-state index contributed by atoms with van der Waals surface area (Å²) in [7, 11) is 0. The second-order valence-corrected chi connectivity index (χ2v) is 6.20. The van der Waals surface area contributed by atoms with E-state index >= 15 is 0 Å². The fourth-order valence-corrected chi connectivity index (χ4v) is 2.93. The highest BCUT2D eigenvalue weighted by molar-refractivity contribution is 7.99. The second-order valence-electron chi connectivity index (χ2n) is 5.24. The van der Waals surface area contributed by atoms with E-state index in [9.17, 15) is 4.79 Å². The van der Waals surface area contributed by atoms with Crippen molar-refractivity contribution in [1.29, 1.82) is 0 Å². The van der Waals surface area contributed by atoms with Crippen LogP contribution in [0, 0.1) is 0 Å². The van der Waals surface area contributed by atoms with Crippen LogP contribution in [0.4, 0.5) is 0 Å². The molecule has 0 saturated heterocycles. The number of carboxylic acids is 1. The van der Waals surface area contributed by atoms with Crippen molar-refractivity contribution < 1.29 is 14.3 Å². The van der Waals surface area contributed by atoms with Gasteiger partial charge < -0.3 is 14.5 Å². The quantitative estimate of drug-likeness (QED) is 0.530. The maximum absolute atomic E-state index is 10.6. The Morgan fingerprint density at radius 3 is 2.92 bits per heavy atom. The van der Waals surface area contributed by atoms with Crippen LogP contribution in [0.3, 0.4) is 0 Å². The van der Waals surface area contributed by atoms with Crippen LogP contribution in [0.15, 0.2) is 58.2 Å². The molecule has 3 aromatic heterocycles. The van der Waals surface area contributed by atoms with Crippen molar-refractivity contribution in [3.63, 3.8) is 0 Å². The van der Waals surface area contributed by atoms with Gasteiger partial charge in [-0.2, -0.15) is 0 Å². The van der Waals surface area contributed by atoms with Gasteiger partial charge in [0.15, 0.2) is 16.7 Å². The third-order valence-electron chi connectivity index (χ3n) is 3.53. The first-order valence-corrected chi connectivity index (χ1v) is 8.40. The van der Waals surface area contributed by atoms with Crippen LogP contribution in [0.5, 0.6) is 0 Å². The Labute approximate surface area is 146 Å². The van der Waals surface area contributed by atoms with Gasteiger partial charge in [-0.3, -0.25) is 9.78 Å². The summed E-state index contributed by atoms with van der Waals surface area (Å²) in [4.78, 5) is 17.9. The Hall–Kier alpha value is -3.13. The lowest BCUT2D eigenvalue weighted by molar-refractivity contribution is -0.133. The van der Waals surface area contributed by atoms with Crippen molar-refractivity contribution in [2.45, 2.75) is 5.16 Å². The number of thioether (sulfide) groups is 1. The van der Waals surface area contributed by atoms with E-state index in [0.29, 0.717) is 22.5 Å². The molecule has 0 aliphatic carbocycles. The van der Waals surface area contributed by atoms with Crippen molar-refractivity contribution in [3.05, 3.63) is 48.7 Å². The van der Waals surface area contributed by atoms with Crippen LogP contribution < -0.4 is 0 Å². The number of nitrogens with one attached hydrogen (secondary N) is 1. The molecule has 25 heavy (non-hydrogen) atoms. The monoisotopic (exact) mass is 352 g/mol. The summed E-state index contributed by atoms with van der Waals surface area (Å²) in [5.41, 5.74) is 1.86. The van der Waals surface area contributed by atoms with Crippen molar-refractivity contribution in [1.82, 2.24) is 20.2 Å². The lowest BCUT2D eigenvalue weighted by Gasteiger charge is -2.00. The molecular formula is C17H12N4O3S. The predicted molar refractivity (Wildman–Crippen MR) is 93.2 cm³/mol.